The fourth-order valence-electron chi connectivity index (χ4n) is 3.54. The summed E-state index contributed by atoms with van der Waals surface area (Å²) >= 11 is 0. The molecule has 0 heterocycles. The topological polar surface area (TPSA) is 26.0 Å². The van der Waals surface area contributed by atoms with Crippen LogP contribution >= 0.6 is 0 Å². The summed E-state index contributed by atoms with van der Waals surface area (Å²) in [6.45, 7) is 4.68. The molecule has 0 radical (unpaired) electrons. The fourth-order valence-corrected chi connectivity index (χ4v) is 3.54. The molecule has 1 aliphatic rings. The fraction of sp³-hybridized carbons (Fsp3) is 1.00. The average molecular weight is 253 g/mol. The summed E-state index contributed by atoms with van der Waals surface area (Å²) < 4.78 is 0. The monoisotopic (exact) mass is 253 g/mol. The lowest BCUT2D eigenvalue weighted by atomic mass is 9.87. The summed E-state index contributed by atoms with van der Waals surface area (Å²) in [5.41, 5.74) is 6.35. The van der Waals surface area contributed by atoms with Gasteiger partial charge in [-0.15, -0.1) is 0 Å². The molecule has 1 saturated carbocycles. The third-order valence-corrected chi connectivity index (χ3v) is 4.87. The molecule has 0 aromatic rings. The minimum atomic E-state index is 0.489. The molecule has 0 amide bonds. The van der Waals surface area contributed by atoms with Gasteiger partial charge in [0, 0.05) is 6.04 Å². The standard InChI is InChI=1S/C17H35N/c1-3-4-5-6-7-8-9-10-14-17(18)16-13-11-12-15(16)2/h15-17H,3-14,18H2,1-2H3. The minimum Gasteiger partial charge on any atom is -0.327 e. The summed E-state index contributed by atoms with van der Waals surface area (Å²) in [4.78, 5) is 0. The Morgan fingerprint density at radius 2 is 1.56 bits per heavy atom. The van der Waals surface area contributed by atoms with E-state index in [1.54, 1.807) is 0 Å². The van der Waals surface area contributed by atoms with Crippen LogP contribution in [-0.4, -0.2) is 6.04 Å². The molecule has 1 nitrogen and oxygen atoms in total. The highest BCUT2D eigenvalue weighted by Gasteiger charge is 2.27. The smallest absolute Gasteiger partial charge is 0.00697 e. The SMILES string of the molecule is CCCCCCCCCCC(N)C1CCCC1C. The molecule has 108 valence electrons. The van der Waals surface area contributed by atoms with Gasteiger partial charge >= 0.3 is 0 Å². The zero-order chi connectivity index (χ0) is 13.2. The molecule has 0 aromatic carbocycles. The van der Waals surface area contributed by atoms with E-state index in [4.69, 9.17) is 5.73 Å². The zero-order valence-corrected chi connectivity index (χ0v) is 12.8. The van der Waals surface area contributed by atoms with Crippen molar-refractivity contribution in [3.63, 3.8) is 0 Å². The summed E-state index contributed by atoms with van der Waals surface area (Å²) in [5, 5.41) is 0. The molecule has 1 fully saturated rings. The molecule has 2 N–H and O–H groups in total. The van der Waals surface area contributed by atoms with Crippen LogP contribution < -0.4 is 5.73 Å². The van der Waals surface area contributed by atoms with Crippen molar-refractivity contribution in [2.24, 2.45) is 17.6 Å². The summed E-state index contributed by atoms with van der Waals surface area (Å²) in [5.74, 6) is 1.71. The summed E-state index contributed by atoms with van der Waals surface area (Å²) in [6.07, 6.45) is 16.8. The van der Waals surface area contributed by atoms with E-state index >= 15 is 0 Å². The van der Waals surface area contributed by atoms with Crippen LogP contribution in [0.3, 0.4) is 0 Å². The van der Waals surface area contributed by atoms with Crippen LogP contribution in [0.25, 0.3) is 0 Å². The van der Waals surface area contributed by atoms with Crippen LogP contribution in [0.4, 0.5) is 0 Å². The largest absolute Gasteiger partial charge is 0.327 e. The molecule has 3 unspecified atom stereocenters. The molecule has 0 aromatic heterocycles. The maximum Gasteiger partial charge on any atom is 0.00697 e. The lowest BCUT2D eigenvalue weighted by Crippen LogP contribution is -2.31. The first kappa shape index (κ1) is 16.0. The molecule has 0 bridgehead atoms. The van der Waals surface area contributed by atoms with Gasteiger partial charge in [0.05, 0.1) is 0 Å². The van der Waals surface area contributed by atoms with Gasteiger partial charge in [0.2, 0.25) is 0 Å². The maximum atomic E-state index is 6.35. The van der Waals surface area contributed by atoms with Gasteiger partial charge in [-0.2, -0.15) is 0 Å². The summed E-state index contributed by atoms with van der Waals surface area (Å²) in [6, 6.07) is 0.489. The molecule has 0 saturated heterocycles. The van der Waals surface area contributed by atoms with E-state index in [-0.39, 0.29) is 0 Å². The maximum absolute atomic E-state index is 6.35. The van der Waals surface area contributed by atoms with E-state index in [1.807, 2.05) is 0 Å². The van der Waals surface area contributed by atoms with Gasteiger partial charge in [0.1, 0.15) is 0 Å². The Kier molecular flexibility index (Phi) is 8.75. The third-order valence-electron chi connectivity index (χ3n) is 4.87. The quantitative estimate of drug-likeness (QED) is 0.527. The second-order valence-electron chi connectivity index (χ2n) is 6.50. The second kappa shape index (κ2) is 9.83. The first-order chi connectivity index (χ1) is 8.75. The average Bonchev–Trinajstić information content (AvgIpc) is 2.79. The van der Waals surface area contributed by atoms with Crippen LogP contribution in [0.1, 0.15) is 90.9 Å². The van der Waals surface area contributed by atoms with Crippen molar-refractivity contribution in [3.05, 3.63) is 0 Å². The Morgan fingerprint density at radius 3 is 2.11 bits per heavy atom. The van der Waals surface area contributed by atoms with Gasteiger partial charge in [-0.05, 0) is 24.7 Å². The minimum absolute atomic E-state index is 0.489. The number of nitrogens with two attached hydrogens (primary N) is 1. The lowest BCUT2D eigenvalue weighted by Gasteiger charge is -2.23. The number of unbranched alkanes of at least 4 members (excludes halogenated alkanes) is 7. The Morgan fingerprint density at radius 1 is 0.944 bits per heavy atom. The van der Waals surface area contributed by atoms with E-state index in [2.05, 4.69) is 13.8 Å². The molecule has 3 atom stereocenters. The second-order valence-corrected chi connectivity index (χ2v) is 6.50. The van der Waals surface area contributed by atoms with Crippen molar-refractivity contribution in [2.75, 3.05) is 0 Å². The van der Waals surface area contributed by atoms with Crippen molar-refractivity contribution in [1.29, 1.82) is 0 Å². The highest BCUT2D eigenvalue weighted by atomic mass is 14.7. The Bertz CT molecular complexity index is 190. The molecule has 1 heteroatoms. The van der Waals surface area contributed by atoms with Gasteiger partial charge in [-0.25, -0.2) is 0 Å². The first-order valence-electron chi connectivity index (χ1n) is 8.51. The van der Waals surface area contributed by atoms with Crippen LogP contribution in [-0.2, 0) is 0 Å². The first-order valence-corrected chi connectivity index (χ1v) is 8.51. The van der Waals surface area contributed by atoms with Gasteiger partial charge < -0.3 is 5.73 Å². The van der Waals surface area contributed by atoms with Crippen molar-refractivity contribution < 1.29 is 0 Å². The Labute approximate surface area is 115 Å². The Hall–Kier alpha value is -0.0400. The van der Waals surface area contributed by atoms with E-state index in [0.29, 0.717) is 6.04 Å². The number of hydrogen-bond acceptors (Lipinski definition) is 1. The number of hydrogen-bond donors (Lipinski definition) is 1. The normalized spacial score (nSPS) is 25.5. The van der Waals surface area contributed by atoms with Crippen molar-refractivity contribution in [3.8, 4) is 0 Å². The van der Waals surface area contributed by atoms with E-state index < -0.39 is 0 Å². The van der Waals surface area contributed by atoms with Gasteiger partial charge in [0.25, 0.3) is 0 Å². The van der Waals surface area contributed by atoms with Crippen LogP contribution in [0, 0.1) is 11.8 Å². The van der Waals surface area contributed by atoms with Crippen molar-refractivity contribution in [2.45, 2.75) is 96.9 Å². The van der Waals surface area contributed by atoms with Gasteiger partial charge in [-0.1, -0.05) is 78.1 Å². The molecule has 18 heavy (non-hydrogen) atoms. The van der Waals surface area contributed by atoms with Crippen LogP contribution in [0.5, 0.6) is 0 Å². The molecule has 0 spiro atoms. The number of rotatable bonds is 10. The van der Waals surface area contributed by atoms with Gasteiger partial charge in [0.15, 0.2) is 0 Å². The third kappa shape index (κ3) is 6.22. The lowest BCUT2D eigenvalue weighted by molar-refractivity contribution is 0.324. The van der Waals surface area contributed by atoms with E-state index in [9.17, 15) is 0 Å². The van der Waals surface area contributed by atoms with Gasteiger partial charge in [-0.3, -0.25) is 0 Å². The molecule has 1 aliphatic carbocycles. The van der Waals surface area contributed by atoms with Crippen molar-refractivity contribution >= 4 is 0 Å². The van der Waals surface area contributed by atoms with Crippen LogP contribution in [0.2, 0.25) is 0 Å². The molecular weight excluding hydrogens is 218 g/mol. The predicted molar refractivity (Wildman–Crippen MR) is 81.7 cm³/mol. The van der Waals surface area contributed by atoms with Crippen molar-refractivity contribution in [1.82, 2.24) is 0 Å². The molecule has 0 aliphatic heterocycles. The van der Waals surface area contributed by atoms with E-state index in [1.165, 1.54) is 77.0 Å². The highest BCUT2D eigenvalue weighted by Crippen LogP contribution is 2.34. The van der Waals surface area contributed by atoms with E-state index in [0.717, 1.165) is 11.8 Å². The Balaban J connectivity index is 1.91. The predicted octanol–water partition coefficient (Wildman–Crippen LogP) is 5.28. The molecule has 1 rings (SSSR count). The zero-order valence-electron chi connectivity index (χ0n) is 12.8. The molecular formula is C17H35N. The summed E-state index contributed by atoms with van der Waals surface area (Å²) in [7, 11) is 0. The van der Waals surface area contributed by atoms with Crippen LogP contribution in [0.15, 0.2) is 0 Å². The highest BCUT2D eigenvalue weighted by molar-refractivity contribution is 4.82.